The maximum absolute atomic E-state index is 12.9. The summed E-state index contributed by atoms with van der Waals surface area (Å²) >= 11 is 0. The molecule has 0 heterocycles. The lowest BCUT2D eigenvalue weighted by molar-refractivity contribution is 0.426. The molecule has 0 saturated heterocycles. The summed E-state index contributed by atoms with van der Waals surface area (Å²) in [5, 5.41) is 18.1. The van der Waals surface area contributed by atoms with Crippen molar-refractivity contribution in [1.82, 2.24) is 0 Å². The largest absolute Gasteiger partial charge is 0.488 e. The van der Waals surface area contributed by atoms with Crippen LogP contribution in [0, 0.1) is 5.82 Å². The second-order valence-corrected chi connectivity index (χ2v) is 4.61. The van der Waals surface area contributed by atoms with Crippen LogP contribution in [0.2, 0.25) is 0 Å². The van der Waals surface area contributed by atoms with Gasteiger partial charge in [0.1, 0.15) is 5.82 Å². The van der Waals surface area contributed by atoms with Gasteiger partial charge in [0, 0.05) is 18.8 Å². The molecule has 0 bridgehead atoms. The van der Waals surface area contributed by atoms with Crippen LogP contribution < -0.4 is 10.4 Å². The molecule has 0 saturated carbocycles. The first kappa shape index (κ1) is 14.6. The molecule has 0 radical (unpaired) electrons. The molecular weight excluding hydrogens is 256 g/mol. The van der Waals surface area contributed by atoms with E-state index < -0.39 is 7.12 Å². The van der Waals surface area contributed by atoms with E-state index in [2.05, 4.69) is 4.90 Å². The van der Waals surface area contributed by atoms with Gasteiger partial charge in [-0.1, -0.05) is 24.3 Å². The van der Waals surface area contributed by atoms with Gasteiger partial charge in [0.15, 0.2) is 0 Å². The molecule has 0 aromatic heterocycles. The van der Waals surface area contributed by atoms with Crippen molar-refractivity contribution in [2.45, 2.75) is 13.5 Å². The average molecular weight is 273 g/mol. The van der Waals surface area contributed by atoms with Gasteiger partial charge in [-0.3, -0.25) is 0 Å². The number of hydrogen-bond acceptors (Lipinski definition) is 3. The van der Waals surface area contributed by atoms with E-state index in [9.17, 15) is 4.39 Å². The van der Waals surface area contributed by atoms with Gasteiger partial charge in [-0.25, -0.2) is 4.39 Å². The van der Waals surface area contributed by atoms with Gasteiger partial charge in [-0.15, -0.1) is 0 Å². The fraction of sp³-hybridized carbons (Fsp3) is 0.200. The Hall–Kier alpha value is -1.85. The third kappa shape index (κ3) is 3.59. The molecule has 0 aliphatic rings. The van der Waals surface area contributed by atoms with E-state index in [0.717, 1.165) is 17.8 Å². The van der Waals surface area contributed by atoms with Crippen LogP contribution in [0.4, 0.5) is 10.1 Å². The molecule has 0 amide bonds. The molecule has 0 spiro atoms. The van der Waals surface area contributed by atoms with Gasteiger partial charge in [0.25, 0.3) is 0 Å². The Morgan fingerprint density at radius 3 is 2.10 bits per heavy atom. The van der Waals surface area contributed by atoms with Gasteiger partial charge in [-0.2, -0.15) is 0 Å². The van der Waals surface area contributed by atoms with Crippen molar-refractivity contribution in [2.75, 3.05) is 11.4 Å². The molecular formula is C15H17BFNO2. The molecule has 0 unspecified atom stereocenters. The maximum atomic E-state index is 12.9. The van der Waals surface area contributed by atoms with Crippen molar-refractivity contribution in [1.29, 1.82) is 0 Å². The van der Waals surface area contributed by atoms with Crippen LogP contribution in [-0.2, 0) is 6.54 Å². The van der Waals surface area contributed by atoms with E-state index in [1.54, 1.807) is 24.3 Å². The summed E-state index contributed by atoms with van der Waals surface area (Å²) in [5.74, 6) is -0.244. The molecule has 2 aromatic carbocycles. The molecule has 0 fully saturated rings. The first-order chi connectivity index (χ1) is 9.60. The van der Waals surface area contributed by atoms with Gasteiger partial charge in [0.05, 0.1) is 0 Å². The summed E-state index contributed by atoms with van der Waals surface area (Å²) in [4.78, 5) is 2.11. The second-order valence-electron chi connectivity index (χ2n) is 4.61. The van der Waals surface area contributed by atoms with Gasteiger partial charge >= 0.3 is 7.12 Å². The fourth-order valence-electron chi connectivity index (χ4n) is 2.05. The lowest BCUT2D eigenvalue weighted by Crippen LogP contribution is -2.29. The first-order valence-corrected chi connectivity index (χ1v) is 6.55. The summed E-state index contributed by atoms with van der Waals surface area (Å²) in [5.41, 5.74) is 2.49. The second kappa shape index (κ2) is 6.54. The maximum Gasteiger partial charge on any atom is 0.488 e. The highest BCUT2D eigenvalue weighted by molar-refractivity contribution is 6.58. The fourth-order valence-corrected chi connectivity index (χ4v) is 2.05. The van der Waals surface area contributed by atoms with Crippen LogP contribution in [-0.4, -0.2) is 23.7 Å². The summed E-state index contributed by atoms with van der Waals surface area (Å²) < 4.78 is 12.9. The number of anilines is 1. The number of rotatable bonds is 5. The topological polar surface area (TPSA) is 43.7 Å². The zero-order chi connectivity index (χ0) is 14.5. The van der Waals surface area contributed by atoms with Gasteiger partial charge in [-0.05, 0) is 42.2 Å². The Bertz CT molecular complexity index is 543. The van der Waals surface area contributed by atoms with Crippen molar-refractivity contribution in [2.24, 2.45) is 0 Å². The molecule has 0 aliphatic heterocycles. The molecule has 2 rings (SSSR count). The van der Waals surface area contributed by atoms with Crippen LogP contribution in [0.25, 0.3) is 0 Å². The standard InChI is InChI=1S/C15H17BFNO2/c1-2-18(15-9-7-14(17)8-10-15)11-12-3-5-13(6-4-12)16(19)20/h3-10,19-20H,2,11H2,1H3. The van der Waals surface area contributed by atoms with Gasteiger partial charge in [0.2, 0.25) is 0 Å². The summed E-state index contributed by atoms with van der Waals surface area (Å²) in [6.07, 6.45) is 0. The quantitative estimate of drug-likeness (QED) is 0.812. The van der Waals surface area contributed by atoms with Crippen molar-refractivity contribution in [3.8, 4) is 0 Å². The molecule has 2 N–H and O–H groups in total. The zero-order valence-corrected chi connectivity index (χ0v) is 11.3. The highest BCUT2D eigenvalue weighted by Gasteiger charge is 2.11. The predicted octanol–water partition coefficient (Wildman–Crippen LogP) is 1.53. The van der Waals surface area contributed by atoms with Crippen molar-refractivity contribution in [3.63, 3.8) is 0 Å². The van der Waals surface area contributed by atoms with Crippen LogP contribution in [0.15, 0.2) is 48.5 Å². The molecule has 20 heavy (non-hydrogen) atoms. The molecule has 0 aliphatic carbocycles. The number of benzene rings is 2. The highest BCUT2D eigenvalue weighted by Crippen LogP contribution is 2.17. The smallest absolute Gasteiger partial charge is 0.423 e. The third-order valence-corrected chi connectivity index (χ3v) is 3.22. The Morgan fingerprint density at radius 1 is 1.00 bits per heavy atom. The Kier molecular flexibility index (Phi) is 4.77. The van der Waals surface area contributed by atoms with E-state index >= 15 is 0 Å². The van der Waals surface area contributed by atoms with Crippen LogP contribution >= 0.6 is 0 Å². The first-order valence-electron chi connectivity index (χ1n) is 6.55. The van der Waals surface area contributed by atoms with E-state index in [0.29, 0.717) is 12.0 Å². The SMILES string of the molecule is CCN(Cc1ccc(B(O)O)cc1)c1ccc(F)cc1. The summed E-state index contributed by atoms with van der Waals surface area (Å²) in [7, 11) is -1.44. The normalized spacial score (nSPS) is 10.4. The van der Waals surface area contributed by atoms with E-state index in [-0.39, 0.29) is 5.82 Å². The summed E-state index contributed by atoms with van der Waals surface area (Å²) in [6, 6.07) is 13.5. The molecule has 0 atom stereocenters. The molecule has 3 nitrogen and oxygen atoms in total. The number of halogens is 1. The lowest BCUT2D eigenvalue weighted by atomic mass is 9.80. The highest BCUT2D eigenvalue weighted by atomic mass is 19.1. The van der Waals surface area contributed by atoms with E-state index in [4.69, 9.17) is 10.0 Å². The van der Waals surface area contributed by atoms with Gasteiger partial charge < -0.3 is 14.9 Å². The molecule has 5 heteroatoms. The van der Waals surface area contributed by atoms with Crippen molar-refractivity contribution in [3.05, 3.63) is 59.9 Å². The third-order valence-electron chi connectivity index (χ3n) is 3.22. The van der Waals surface area contributed by atoms with Crippen molar-refractivity contribution >= 4 is 18.3 Å². The average Bonchev–Trinajstić information content (AvgIpc) is 2.46. The Balaban J connectivity index is 2.11. The Labute approximate surface area is 118 Å². The van der Waals surface area contributed by atoms with E-state index in [1.807, 2.05) is 19.1 Å². The number of hydrogen-bond donors (Lipinski definition) is 2. The Morgan fingerprint density at radius 2 is 1.60 bits per heavy atom. The van der Waals surface area contributed by atoms with E-state index in [1.165, 1.54) is 12.1 Å². The summed E-state index contributed by atoms with van der Waals surface area (Å²) in [6.45, 7) is 3.52. The minimum absolute atomic E-state index is 0.244. The minimum Gasteiger partial charge on any atom is -0.423 e. The predicted molar refractivity (Wildman–Crippen MR) is 79.4 cm³/mol. The van der Waals surface area contributed by atoms with Crippen LogP contribution in [0.5, 0.6) is 0 Å². The minimum atomic E-state index is -1.44. The molecule has 104 valence electrons. The van der Waals surface area contributed by atoms with Crippen LogP contribution in [0.3, 0.4) is 0 Å². The van der Waals surface area contributed by atoms with Crippen molar-refractivity contribution < 1.29 is 14.4 Å². The van der Waals surface area contributed by atoms with Crippen LogP contribution in [0.1, 0.15) is 12.5 Å². The zero-order valence-electron chi connectivity index (χ0n) is 11.3. The monoisotopic (exact) mass is 273 g/mol. The lowest BCUT2D eigenvalue weighted by Gasteiger charge is -2.23. The number of nitrogens with zero attached hydrogens (tertiary/aromatic N) is 1. The molecule has 2 aromatic rings.